The van der Waals surface area contributed by atoms with E-state index in [1.807, 2.05) is 81.4 Å². The number of aryl methyl sites for hydroxylation is 2. The third-order valence-corrected chi connectivity index (χ3v) is 7.68. The molecule has 5 rings (SSSR count). The minimum Gasteiger partial charge on any atom is -0.491 e. The lowest BCUT2D eigenvalue weighted by Crippen LogP contribution is -2.32. The van der Waals surface area contributed by atoms with Crippen LogP contribution in [-0.4, -0.2) is 48.3 Å². The summed E-state index contributed by atoms with van der Waals surface area (Å²) in [4.78, 5) is 39.8. The van der Waals surface area contributed by atoms with Gasteiger partial charge in [0.2, 0.25) is 0 Å². The summed E-state index contributed by atoms with van der Waals surface area (Å²) in [6.07, 6.45) is 1.65. The molecule has 0 unspecified atom stereocenters. The second kappa shape index (κ2) is 13.5. The van der Waals surface area contributed by atoms with Crippen molar-refractivity contribution in [3.8, 4) is 17.2 Å². The molecule has 1 saturated heterocycles. The number of carbonyl (C=O) groups excluding carboxylic acids is 3. The fourth-order valence-electron chi connectivity index (χ4n) is 4.70. The molecule has 9 heteroatoms. The van der Waals surface area contributed by atoms with E-state index in [2.05, 4.69) is 5.32 Å². The molecule has 3 amide bonds. The van der Waals surface area contributed by atoms with Crippen molar-refractivity contribution in [1.82, 2.24) is 4.90 Å². The highest BCUT2D eigenvalue weighted by Gasteiger charge is 2.35. The molecule has 0 bridgehead atoms. The highest BCUT2D eigenvalue weighted by Crippen LogP contribution is 2.35. The van der Waals surface area contributed by atoms with Crippen LogP contribution in [0, 0.1) is 13.8 Å². The maximum atomic E-state index is 13.1. The largest absolute Gasteiger partial charge is 0.491 e. The summed E-state index contributed by atoms with van der Waals surface area (Å²) in [5.41, 5.74) is 3.47. The standard InChI is InChI=1S/C34H32N2O6S/c1-4-40-30-19-24(13-15-29(30)42-21-32(37)35-27-14-12-22(2)18-23(27)3)20-31-33(38)36(34(39)43-31)16-17-41-28-11-7-9-25-8-5-6-10-26(25)28/h5-15,18-20H,4,16-17,21H2,1-3H3,(H,35,37)/b31-20-. The number of nitrogens with one attached hydrogen (secondary N) is 1. The predicted octanol–water partition coefficient (Wildman–Crippen LogP) is 6.99. The van der Waals surface area contributed by atoms with Crippen LogP contribution in [0.5, 0.6) is 17.2 Å². The fourth-order valence-corrected chi connectivity index (χ4v) is 5.56. The van der Waals surface area contributed by atoms with Crippen molar-refractivity contribution >= 4 is 51.4 Å². The number of hydrogen-bond donors (Lipinski definition) is 1. The Balaban J connectivity index is 1.21. The average Bonchev–Trinajstić information content (AvgIpc) is 3.25. The van der Waals surface area contributed by atoms with Gasteiger partial charge in [0.1, 0.15) is 12.4 Å². The summed E-state index contributed by atoms with van der Waals surface area (Å²) < 4.78 is 17.5. The number of amides is 3. The zero-order valence-corrected chi connectivity index (χ0v) is 25.0. The molecule has 4 aromatic carbocycles. The van der Waals surface area contributed by atoms with E-state index in [4.69, 9.17) is 14.2 Å². The molecule has 1 aliphatic heterocycles. The van der Waals surface area contributed by atoms with Crippen LogP contribution in [0.2, 0.25) is 0 Å². The predicted molar refractivity (Wildman–Crippen MR) is 170 cm³/mol. The van der Waals surface area contributed by atoms with Crippen molar-refractivity contribution in [2.24, 2.45) is 0 Å². The molecule has 1 fully saturated rings. The Morgan fingerprint density at radius 2 is 1.70 bits per heavy atom. The molecule has 1 heterocycles. The Hall–Kier alpha value is -4.76. The Morgan fingerprint density at radius 3 is 2.51 bits per heavy atom. The second-order valence-corrected chi connectivity index (χ2v) is 10.9. The van der Waals surface area contributed by atoms with E-state index in [0.717, 1.165) is 39.3 Å². The van der Waals surface area contributed by atoms with Crippen molar-refractivity contribution in [2.45, 2.75) is 20.8 Å². The number of anilines is 1. The van der Waals surface area contributed by atoms with Crippen molar-refractivity contribution in [3.63, 3.8) is 0 Å². The highest BCUT2D eigenvalue weighted by molar-refractivity contribution is 8.18. The fraction of sp³-hybridized carbons (Fsp3) is 0.206. The SMILES string of the molecule is CCOc1cc(/C=C2\SC(=O)N(CCOc3cccc4ccccc34)C2=O)ccc1OCC(=O)Nc1ccc(C)cc1C. The van der Waals surface area contributed by atoms with Crippen LogP contribution in [0.4, 0.5) is 10.5 Å². The molecule has 220 valence electrons. The van der Waals surface area contributed by atoms with E-state index >= 15 is 0 Å². The van der Waals surface area contributed by atoms with Crippen LogP contribution in [-0.2, 0) is 9.59 Å². The van der Waals surface area contributed by atoms with E-state index in [-0.39, 0.29) is 36.8 Å². The van der Waals surface area contributed by atoms with Gasteiger partial charge >= 0.3 is 0 Å². The molecular formula is C34H32N2O6S. The molecular weight excluding hydrogens is 564 g/mol. The summed E-state index contributed by atoms with van der Waals surface area (Å²) in [6.45, 7) is 6.26. The third-order valence-electron chi connectivity index (χ3n) is 6.78. The summed E-state index contributed by atoms with van der Waals surface area (Å²) >= 11 is 0.884. The lowest BCUT2D eigenvalue weighted by Gasteiger charge is -2.14. The van der Waals surface area contributed by atoms with Gasteiger partial charge in [0, 0.05) is 11.1 Å². The Bertz CT molecular complexity index is 1710. The first-order valence-corrected chi connectivity index (χ1v) is 14.8. The summed E-state index contributed by atoms with van der Waals surface area (Å²) in [6, 6.07) is 24.6. The number of ether oxygens (including phenoxy) is 3. The van der Waals surface area contributed by atoms with Gasteiger partial charge < -0.3 is 19.5 Å². The number of thioether (sulfide) groups is 1. The highest BCUT2D eigenvalue weighted by atomic mass is 32.2. The zero-order valence-electron chi connectivity index (χ0n) is 24.2. The minimum absolute atomic E-state index is 0.131. The molecule has 1 aliphatic rings. The lowest BCUT2D eigenvalue weighted by atomic mass is 10.1. The van der Waals surface area contributed by atoms with Gasteiger partial charge in [-0.3, -0.25) is 19.3 Å². The topological polar surface area (TPSA) is 94.2 Å². The van der Waals surface area contributed by atoms with Gasteiger partial charge in [-0.05, 0) is 79.4 Å². The van der Waals surface area contributed by atoms with Gasteiger partial charge in [0.05, 0.1) is 18.1 Å². The van der Waals surface area contributed by atoms with Crippen molar-refractivity contribution in [3.05, 3.63) is 100 Å². The van der Waals surface area contributed by atoms with Crippen LogP contribution in [0.3, 0.4) is 0 Å². The second-order valence-electron chi connectivity index (χ2n) is 9.95. The smallest absolute Gasteiger partial charge is 0.293 e. The Labute approximate surface area is 254 Å². The van der Waals surface area contributed by atoms with Gasteiger partial charge in [-0.2, -0.15) is 0 Å². The average molecular weight is 597 g/mol. The Morgan fingerprint density at radius 1 is 0.884 bits per heavy atom. The monoisotopic (exact) mass is 596 g/mol. The minimum atomic E-state index is -0.377. The molecule has 0 aromatic heterocycles. The number of benzene rings is 4. The van der Waals surface area contributed by atoms with Crippen LogP contribution < -0.4 is 19.5 Å². The molecule has 0 atom stereocenters. The summed E-state index contributed by atoms with van der Waals surface area (Å²) in [5, 5.41) is 4.54. The molecule has 0 spiro atoms. The van der Waals surface area contributed by atoms with Gasteiger partial charge in [-0.25, -0.2) is 0 Å². The lowest BCUT2D eigenvalue weighted by molar-refractivity contribution is -0.123. The van der Waals surface area contributed by atoms with Crippen LogP contribution in [0.15, 0.2) is 83.8 Å². The maximum Gasteiger partial charge on any atom is 0.293 e. The molecule has 0 saturated carbocycles. The quantitative estimate of drug-likeness (QED) is 0.187. The summed E-state index contributed by atoms with van der Waals surface area (Å²) in [5.74, 6) is 0.857. The van der Waals surface area contributed by atoms with Crippen molar-refractivity contribution in [1.29, 1.82) is 0 Å². The first kappa shape index (κ1) is 29.7. The normalized spacial score (nSPS) is 13.9. The van der Waals surface area contributed by atoms with Crippen LogP contribution >= 0.6 is 11.8 Å². The number of hydrogen-bond acceptors (Lipinski definition) is 7. The zero-order chi connectivity index (χ0) is 30.3. The first-order valence-electron chi connectivity index (χ1n) is 13.9. The van der Waals surface area contributed by atoms with E-state index in [1.54, 1.807) is 24.3 Å². The van der Waals surface area contributed by atoms with Crippen LogP contribution in [0.1, 0.15) is 23.6 Å². The number of nitrogens with zero attached hydrogens (tertiary/aromatic N) is 1. The van der Waals surface area contributed by atoms with E-state index in [9.17, 15) is 14.4 Å². The maximum absolute atomic E-state index is 13.1. The van der Waals surface area contributed by atoms with Crippen molar-refractivity contribution in [2.75, 3.05) is 31.7 Å². The molecule has 1 N–H and O–H groups in total. The molecule has 4 aromatic rings. The Kier molecular flexibility index (Phi) is 9.32. The van der Waals surface area contributed by atoms with Crippen molar-refractivity contribution < 1.29 is 28.6 Å². The third kappa shape index (κ3) is 7.18. The van der Waals surface area contributed by atoms with Gasteiger partial charge in [-0.1, -0.05) is 60.2 Å². The molecule has 43 heavy (non-hydrogen) atoms. The number of fused-ring (bicyclic) bond motifs is 1. The number of imide groups is 1. The molecule has 0 radical (unpaired) electrons. The van der Waals surface area contributed by atoms with Gasteiger partial charge in [0.25, 0.3) is 17.1 Å². The van der Waals surface area contributed by atoms with E-state index in [0.29, 0.717) is 34.3 Å². The first-order chi connectivity index (χ1) is 20.8. The molecule has 0 aliphatic carbocycles. The van der Waals surface area contributed by atoms with E-state index < -0.39 is 0 Å². The van der Waals surface area contributed by atoms with Crippen LogP contribution in [0.25, 0.3) is 16.8 Å². The van der Waals surface area contributed by atoms with Gasteiger partial charge in [-0.15, -0.1) is 0 Å². The van der Waals surface area contributed by atoms with Gasteiger partial charge in [0.15, 0.2) is 18.1 Å². The van der Waals surface area contributed by atoms with E-state index in [1.165, 1.54) is 4.90 Å². The number of carbonyl (C=O) groups is 3. The molecule has 8 nitrogen and oxygen atoms in total. The summed E-state index contributed by atoms with van der Waals surface area (Å²) in [7, 11) is 0. The number of rotatable bonds is 11.